The lowest BCUT2D eigenvalue weighted by atomic mass is 10.7. The lowest BCUT2D eigenvalue weighted by molar-refractivity contribution is 0.222. The van der Waals surface area contributed by atoms with E-state index in [1.807, 2.05) is 0 Å². The zero-order valence-corrected chi connectivity index (χ0v) is 8.03. The fourth-order valence-corrected chi connectivity index (χ4v) is 0.402. The number of amides is 2. The fourth-order valence-electron chi connectivity index (χ4n) is 0.315. The summed E-state index contributed by atoms with van der Waals surface area (Å²) in [6, 6.07) is -0.205. The number of urea groups is 1. The summed E-state index contributed by atoms with van der Waals surface area (Å²) in [7, 11) is 6.87. The summed E-state index contributed by atoms with van der Waals surface area (Å²) in [5, 5.41) is 2.94. The molecule has 64 valence electrons. The molecule has 0 radical (unpaired) electrons. The molecule has 0 rings (SSSR count). The molecule has 0 saturated heterocycles. The third-order valence-electron chi connectivity index (χ3n) is 1.03. The number of nitrogens with one attached hydrogen (secondary N) is 1. The highest BCUT2D eigenvalue weighted by atomic mass is 32.1. The first-order valence-corrected chi connectivity index (χ1v) is 3.55. The Morgan fingerprint density at radius 2 is 1.64 bits per heavy atom. The second-order valence-electron chi connectivity index (χ2n) is 2.52. The Morgan fingerprint density at radius 1 is 1.18 bits per heavy atom. The maximum Gasteiger partial charge on any atom is 0.323 e. The second kappa shape index (κ2) is 4.12. The molecule has 0 atom stereocenters. The maximum atomic E-state index is 11.0. The largest absolute Gasteiger partial charge is 0.355 e. The van der Waals surface area contributed by atoms with Gasteiger partial charge in [0.1, 0.15) is 0 Å². The summed E-state index contributed by atoms with van der Waals surface area (Å²) in [5.74, 6) is 0. The van der Waals surface area contributed by atoms with Crippen molar-refractivity contribution in [2.24, 2.45) is 0 Å². The van der Waals surface area contributed by atoms with Gasteiger partial charge in [-0.1, -0.05) is 0 Å². The number of thiocarbonyl (C=S) groups is 1. The van der Waals surface area contributed by atoms with Crippen LogP contribution >= 0.6 is 12.2 Å². The molecule has 0 aromatic heterocycles. The van der Waals surface area contributed by atoms with E-state index >= 15 is 0 Å². The quantitative estimate of drug-likeness (QED) is 0.531. The predicted molar refractivity (Wildman–Crippen MR) is 48.5 cm³/mol. The molecule has 0 aliphatic heterocycles. The summed E-state index contributed by atoms with van der Waals surface area (Å²) < 4.78 is 0. The van der Waals surface area contributed by atoms with E-state index in [4.69, 9.17) is 12.2 Å². The van der Waals surface area contributed by atoms with Crippen molar-refractivity contribution >= 4 is 23.4 Å². The standard InChI is InChI=1S/C6H13N3OS/c1-8(2)5(10)7-6(11)9(3)4/h1-4H3,(H,7,10,11). The van der Waals surface area contributed by atoms with Crippen LogP contribution in [0.5, 0.6) is 0 Å². The molecule has 0 saturated carbocycles. The van der Waals surface area contributed by atoms with Crippen LogP contribution in [-0.2, 0) is 0 Å². The average Bonchev–Trinajstić information content (AvgIpc) is 1.87. The van der Waals surface area contributed by atoms with Gasteiger partial charge in [-0.15, -0.1) is 0 Å². The zero-order valence-electron chi connectivity index (χ0n) is 7.21. The van der Waals surface area contributed by atoms with Crippen molar-refractivity contribution in [1.82, 2.24) is 15.1 Å². The summed E-state index contributed by atoms with van der Waals surface area (Å²) in [6.07, 6.45) is 0. The van der Waals surface area contributed by atoms with E-state index in [1.165, 1.54) is 4.90 Å². The summed E-state index contributed by atoms with van der Waals surface area (Å²) in [6.45, 7) is 0. The molecule has 11 heavy (non-hydrogen) atoms. The summed E-state index contributed by atoms with van der Waals surface area (Å²) >= 11 is 4.84. The fraction of sp³-hybridized carbons (Fsp3) is 0.667. The third kappa shape index (κ3) is 3.77. The molecule has 0 aliphatic rings. The van der Waals surface area contributed by atoms with E-state index in [0.29, 0.717) is 5.11 Å². The van der Waals surface area contributed by atoms with Gasteiger partial charge in [0.15, 0.2) is 5.11 Å². The van der Waals surface area contributed by atoms with Crippen LogP contribution in [0, 0.1) is 0 Å². The molecule has 0 heterocycles. The number of rotatable bonds is 0. The smallest absolute Gasteiger partial charge is 0.323 e. The van der Waals surface area contributed by atoms with E-state index in [1.54, 1.807) is 33.1 Å². The van der Waals surface area contributed by atoms with Crippen LogP contribution in [-0.4, -0.2) is 49.1 Å². The van der Waals surface area contributed by atoms with Crippen molar-refractivity contribution in [1.29, 1.82) is 0 Å². The number of carbonyl (C=O) groups is 1. The molecule has 2 amide bonds. The Bertz CT molecular complexity index is 149. The highest BCUT2D eigenvalue weighted by molar-refractivity contribution is 7.80. The summed E-state index contributed by atoms with van der Waals surface area (Å²) in [5.41, 5.74) is 0. The number of carbonyl (C=O) groups excluding carboxylic acids is 1. The van der Waals surface area contributed by atoms with Crippen LogP contribution in [0.25, 0.3) is 0 Å². The average molecular weight is 175 g/mol. The minimum Gasteiger partial charge on any atom is -0.355 e. The number of hydrogen-bond donors (Lipinski definition) is 1. The summed E-state index contributed by atoms with van der Waals surface area (Å²) in [4.78, 5) is 14.0. The van der Waals surface area contributed by atoms with E-state index in [0.717, 1.165) is 0 Å². The van der Waals surface area contributed by atoms with E-state index < -0.39 is 0 Å². The molecule has 0 aliphatic carbocycles. The monoisotopic (exact) mass is 175 g/mol. The molecule has 0 spiro atoms. The van der Waals surface area contributed by atoms with Crippen molar-refractivity contribution in [2.45, 2.75) is 0 Å². The Morgan fingerprint density at radius 3 is 1.91 bits per heavy atom. The van der Waals surface area contributed by atoms with Gasteiger partial charge in [-0.3, -0.25) is 5.32 Å². The molecular weight excluding hydrogens is 162 g/mol. The number of hydrogen-bond acceptors (Lipinski definition) is 2. The molecule has 0 aromatic carbocycles. The van der Waals surface area contributed by atoms with Gasteiger partial charge in [0.2, 0.25) is 0 Å². The van der Waals surface area contributed by atoms with Gasteiger partial charge in [-0.05, 0) is 12.2 Å². The first kappa shape index (κ1) is 10.2. The SMILES string of the molecule is CN(C)C(=O)NC(=S)N(C)C. The third-order valence-corrected chi connectivity index (χ3v) is 1.49. The number of nitrogens with zero attached hydrogens (tertiary/aromatic N) is 2. The van der Waals surface area contributed by atoms with E-state index in [9.17, 15) is 4.79 Å². The molecule has 0 bridgehead atoms. The second-order valence-corrected chi connectivity index (χ2v) is 2.91. The Hall–Kier alpha value is -0.840. The Labute approximate surface area is 72.2 Å². The molecule has 0 aromatic rings. The zero-order chi connectivity index (χ0) is 9.02. The van der Waals surface area contributed by atoms with Gasteiger partial charge < -0.3 is 9.80 Å². The Kier molecular flexibility index (Phi) is 3.81. The van der Waals surface area contributed by atoms with Gasteiger partial charge in [0, 0.05) is 28.2 Å². The lowest BCUT2D eigenvalue weighted by Gasteiger charge is -2.17. The van der Waals surface area contributed by atoms with Crippen molar-refractivity contribution in [3.63, 3.8) is 0 Å². The molecule has 5 heteroatoms. The first-order chi connectivity index (χ1) is 4.95. The van der Waals surface area contributed by atoms with Crippen LogP contribution in [0.1, 0.15) is 0 Å². The molecular formula is C6H13N3OS. The molecule has 0 unspecified atom stereocenters. The van der Waals surface area contributed by atoms with Gasteiger partial charge >= 0.3 is 6.03 Å². The Balaban J connectivity index is 3.86. The predicted octanol–water partition coefficient (Wildman–Crippen LogP) is 0.104. The molecule has 1 N–H and O–H groups in total. The van der Waals surface area contributed by atoms with Crippen molar-refractivity contribution in [3.05, 3.63) is 0 Å². The maximum absolute atomic E-state index is 11.0. The van der Waals surface area contributed by atoms with Gasteiger partial charge in [0.05, 0.1) is 0 Å². The van der Waals surface area contributed by atoms with Gasteiger partial charge in [-0.2, -0.15) is 0 Å². The van der Waals surface area contributed by atoms with Crippen molar-refractivity contribution < 1.29 is 4.79 Å². The highest BCUT2D eigenvalue weighted by Gasteiger charge is 2.05. The van der Waals surface area contributed by atoms with Gasteiger partial charge in [0.25, 0.3) is 0 Å². The highest BCUT2D eigenvalue weighted by Crippen LogP contribution is 1.81. The van der Waals surface area contributed by atoms with E-state index in [-0.39, 0.29) is 6.03 Å². The van der Waals surface area contributed by atoms with Crippen LogP contribution in [0.4, 0.5) is 4.79 Å². The van der Waals surface area contributed by atoms with Gasteiger partial charge in [-0.25, -0.2) is 4.79 Å². The minimum atomic E-state index is -0.205. The van der Waals surface area contributed by atoms with E-state index in [2.05, 4.69) is 5.32 Å². The molecule has 0 fully saturated rings. The van der Waals surface area contributed by atoms with Crippen LogP contribution < -0.4 is 5.32 Å². The molecule has 4 nitrogen and oxygen atoms in total. The van der Waals surface area contributed by atoms with Crippen LogP contribution in [0.3, 0.4) is 0 Å². The minimum absolute atomic E-state index is 0.205. The van der Waals surface area contributed by atoms with Crippen LogP contribution in [0.2, 0.25) is 0 Å². The lowest BCUT2D eigenvalue weighted by Crippen LogP contribution is -2.43. The van der Waals surface area contributed by atoms with Crippen molar-refractivity contribution in [2.75, 3.05) is 28.2 Å². The first-order valence-electron chi connectivity index (χ1n) is 3.14. The van der Waals surface area contributed by atoms with Crippen molar-refractivity contribution in [3.8, 4) is 0 Å². The topological polar surface area (TPSA) is 35.6 Å². The van der Waals surface area contributed by atoms with Crippen LogP contribution in [0.15, 0.2) is 0 Å². The normalized spacial score (nSPS) is 8.73.